The number of hydrogen-bond acceptors (Lipinski definition) is 3. The Bertz CT molecular complexity index is 312. The highest BCUT2D eigenvalue weighted by Crippen LogP contribution is 2.20. The lowest BCUT2D eigenvalue weighted by Gasteiger charge is -2.06. The molecule has 0 unspecified atom stereocenters. The van der Waals surface area contributed by atoms with Crippen LogP contribution in [0.3, 0.4) is 0 Å². The SMILES string of the molecule is NS(=O)(=O)CCNC(=O)CCC(F)(F)F. The number of rotatable bonds is 5. The van der Waals surface area contributed by atoms with Gasteiger partial charge in [-0.1, -0.05) is 0 Å². The summed E-state index contributed by atoms with van der Waals surface area (Å²) in [7, 11) is -3.70. The van der Waals surface area contributed by atoms with Crippen molar-refractivity contribution in [1.82, 2.24) is 5.32 Å². The smallest absolute Gasteiger partial charge is 0.355 e. The van der Waals surface area contributed by atoms with E-state index in [4.69, 9.17) is 0 Å². The van der Waals surface area contributed by atoms with Crippen LogP contribution in [0.1, 0.15) is 12.8 Å². The highest BCUT2D eigenvalue weighted by molar-refractivity contribution is 7.89. The van der Waals surface area contributed by atoms with Gasteiger partial charge in [0.05, 0.1) is 12.2 Å². The van der Waals surface area contributed by atoms with E-state index < -0.39 is 40.7 Å². The third-order valence-corrected chi connectivity index (χ3v) is 2.12. The molecule has 0 saturated carbocycles. The van der Waals surface area contributed by atoms with E-state index in [1.807, 2.05) is 5.32 Å². The van der Waals surface area contributed by atoms with Gasteiger partial charge in [-0.15, -0.1) is 0 Å². The maximum Gasteiger partial charge on any atom is 0.389 e. The number of hydrogen-bond donors (Lipinski definition) is 2. The summed E-state index contributed by atoms with van der Waals surface area (Å²) >= 11 is 0. The molecule has 0 atom stereocenters. The second kappa shape index (κ2) is 5.31. The number of carbonyl (C=O) groups is 1. The third kappa shape index (κ3) is 11.1. The molecule has 0 fully saturated rings. The van der Waals surface area contributed by atoms with Gasteiger partial charge in [-0.25, -0.2) is 13.6 Å². The molecule has 5 nitrogen and oxygen atoms in total. The second-order valence-electron chi connectivity index (χ2n) is 2.83. The summed E-state index contributed by atoms with van der Waals surface area (Å²) in [6.45, 7) is -0.282. The molecule has 0 aliphatic rings. The summed E-state index contributed by atoms with van der Waals surface area (Å²) in [4.78, 5) is 10.7. The Morgan fingerprint density at radius 2 is 1.87 bits per heavy atom. The van der Waals surface area contributed by atoms with E-state index in [2.05, 4.69) is 5.14 Å². The van der Waals surface area contributed by atoms with E-state index in [0.717, 1.165) is 0 Å². The Balaban J connectivity index is 3.69. The fourth-order valence-electron chi connectivity index (χ4n) is 0.676. The molecule has 0 spiro atoms. The van der Waals surface area contributed by atoms with Crippen LogP contribution in [0, 0.1) is 0 Å². The highest BCUT2D eigenvalue weighted by atomic mass is 32.2. The zero-order valence-electron chi connectivity index (χ0n) is 7.67. The first kappa shape index (κ1) is 14.2. The second-order valence-corrected chi connectivity index (χ2v) is 4.57. The van der Waals surface area contributed by atoms with Gasteiger partial charge in [-0.3, -0.25) is 4.79 Å². The van der Waals surface area contributed by atoms with Gasteiger partial charge in [0.1, 0.15) is 0 Å². The van der Waals surface area contributed by atoms with Crippen LogP contribution >= 0.6 is 0 Å². The predicted molar refractivity (Wildman–Crippen MR) is 46.3 cm³/mol. The molecule has 0 aliphatic heterocycles. The van der Waals surface area contributed by atoms with Crippen molar-refractivity contribution in [2.24, 2.45) is 5.14 Å². The van der Waals surface area contributed by atoms with Crippen molar-refractivity contribution in [3.8, 4) is 0 Å². The van der Waals surface area contributed by atoms with Gasteiger partial charge in [-0.2, -0.15) is 13.2 Å². The Morgan fingerprint density at radius 3 is 2.27 bits per heavy atom. The maximum atomic E-state index is 11.6. The first-order valence-corrected chi connectivity index (χ1v) is 5.65. The molecular weight excluding hydrogens is 237 g/mol. The fourth-order valence-corrected chi connectivity index (χ4v) is 1.06. The van der Waals surface area contributed by atoms with Crippen molar-refractivity contribution in [2.75, 3.05) is 12.3 Å². The van der Waals surface area contributed by atoms with Crippen LogP contribution in [0.4, 0.5) is 13.2 Å². The first-order chi connectivity index (χ1) is 6.60. The maximum absolute atomic E-state index is 11.6. The summed E-state index contributed by atoms with van der Waals surface area (Å²) in [6.07, 6.45) is -6.33. The van der Waals surface area contributed by atoms with Crippen LogP contribution < -0.4 is 10.5 Å². The standard InChI is InChI=1S/C6H11F3N2O3S/c7-6(8,9)2-1-5(12)11-3-4-15(10,13)14/h1-4H2,(H,11,12)(H2,10,13,14). The quantitative estimate of drug-likeness (QED) is 0.702. The lowest BCUT2D eigenvalue weighted by molar-refractivity contribution is -0.144. The molecule has 0 aromatic carbocycles. The molecular formula is C6H11F3N2O3S. The molecule has 0 aliphatic carbocycles. The van der Waals surface area contributed by atoms with Crippen LogP contribution in [0.25, 0.3) is 0 Å². The Hall–Kier alpha value is -0.830. The van der Waals surface area contributed by atoms with E-state index in [1.165, 1.54) is 0 Å². The third-order valence-electron chi connectivity index (χ3n) is 1.34. The monoisotopic (exact) mass is 248 g/mol. The van der Waals surface area contributed by atoms with Gasteiger partial charge in [0.15, 0.2) is 0 Å². The van der Waals surface area contributed by atoms with Crippen LogP contribution in [0.5, 0.6) is 0 Å². The zero-order chi connectivity index (χ0) is 12.1. The Morgan fingerprint density at radius 1 is 1.33 bits per heavy atom. The minimum atomic E-state index is -4.39. The lowest BCUT2D eigenvalue weighted by atomic mass is 10.3. The average Bonchev–Trinajstić information content (AvgIpc) is 1.97. The molecule has 3 N–H and O–H groups in total. The summed E-state index contributed by atoms with van der Waals surface area (Å²) in [5.41, 5.74) is 0. The van der Waals surface area contributed by atoms with Crippen LogP contribution in [-0.4, -0.2) is 32.8 Å². The minimum absolute atomic E-state index is 0.282. The van der Waals surface area contributed by atoms with Gasteiger partial charge in [0.25, 0.3) is 0 Å². The predicted octanol–water partition coefficient (Wildman–Crippen LogP) is -0.266. The van der Waals surface area contributed by atoms with Gasteiger partial charge in [-0.05, 0) is 0 Å². The van der Waals surface area contributed by atoms with Crippen LogP contribution in [0.15, 0.2) is 0 Å². The van der Waals surface area contributed by atoms with Crippen LogP contribution in [0.2, 0.25) is 0 Å². The molecule has 0 rings (SSSR count). The average molecular weight is 248 g/mol. The number of alkyl halides is 3. The number of halogens is 3. The Labute approximate surface area is 84.9 Å². The van der Waals surface area contributed by atoms with E-state index in [9.17, 15) is 26.4 Å². The molecule has 9 heteroatoms. The minimum Gasteiger partial charge on any atom is -0.355 e. The fraction of sp³-hybridized carbons (Fsp3) is 0.833. The molecule has 0 saturated heterocycles. The first-order valence-electron chi connectivity index (χ1n) is 3.94. The van der Waals surface area contributed by atoms with E-state index in [-0.39, 0.29) is 6.54 Å². The van der Waals surface area contributed by atoms with Crippen molar-refractivity contribution in [1.29, 1.82) is 0 Å². The lowest BCUT2D eigenvalue weighted by Crippen LogP contribution is -2.32. The summed E-state index contributed by atoms with van der Waals surface area (Å²) in [5, 5.41) is 6.62. The topological polar surface area (TPSA) is 89.3 Å². The van der Waals surface area contributed by atoms with Crippen molar-refractivity contribution in [3.63, 3.8) is 0 Å². The van der Waals surface area contributed by atoms with Gasteiger partial charge in [0, 0.05) is 13.0 Å². The van der Waals surface area contributed by atoms with Crippen molar-refractivity contribution in [3.05, 3.63) is 0 Å². The molecule has 0 aromatic rings. The Kier molecular flexibility index (Phi) is 5.01. The number of carbonyl (C=O) groups excluding carboxylic acids is 1. The van der Waals surface area contributed by atoms with Gasteiger partial charge in [0.2, 0.25) is 15.9 Å². The van der Waals surface area contributed by atoms with Crippen molar-refractivity contribution >= 4 is 15.9 Å². The molecule has 0 bridgehead atoms. The van der Waals surface area contributed by atoms with Gasteiger partial charge >= 0.3 is 6.18 Å². The zero-order valence-corrected chi connectivity index (χ0v) is 8.49. The number of nitrogens with one attached hydrogen (secondary N) is 1. The van der Waals surface area contributed by atoms with Gasteiger partial charge < -0.3 is 5.32 Å². The number of amides is 1. The molecule has 90 valence electrons. The highest BCUT2D eigenvalue weighted by Gasteiger charge is 2.27. The van der Waals surface area contributed by atoms with Crippen LogP contribution in [-0.2, 0) is 14.8 Å². The molecule has 1 amide bonds. The summed E-state index contributed by atoms with van der Waals surface area (Å²) < 4.78 is 55.6. The molecule has 15 heavy (non-hydrogen) atoms. The number of nitrogens with two attached hydrogens (primary N) is 1. The molecule has 0 radical (unpaired) electrons. The van der Waals surface area contributed by atoms with E-state index >= 15 is 0 Å². The van der Waals surface area contributed by atoms with E-state index in [0.29, 0.717) is 0 Å². The van der Waals surface area contributed by atoms with Crippen molar-refractivity contribution in [2.45, 2.75) is 19.0 Å². The number of sulfonamides is 1. The number of primary sulfonamides is 1. The summed E-state index contributed by atoms with van der Waals surface area (Å²) in [5.74, 6) is -1.35. The van der Waals surface area contributed by atoms with Crippen molar-refractivity contribution < 1.29 is 26.4 Å². The summed E-state index contributed by atoms with van der Waals surface area (Å²) in [6, 6.07) is 0. The van der Waals surface area contributed by atoms with E-state index in [1.54, 1.807) is 0 Å². The normalized spacial score (nSPS) is 12.5. The largest absolute Gasteiger partial charge is 0.389 e. The molecule has 0 aromatic heterocycles. The molecule has 0 heterocycles.